The first-order chi connectivity index (χ1) is 9.47. The van der Waals surface area contributed by atoms with Gasteiger partial charge in [-0.1, -0.05) is 18.3 Å². The van der Waals surface area contributed by atoms with Crippen molar-refractivity contribution < 1.29 is 0 Å². The van der Waals surface area contributed by atoms with Crippen LogP contribution in [0.5, 0.6) is 0 Å². The predicted molar refractivity (Wildman–Crippen MR) is 85.9 cm³/mol. The molecule has 0 aliphatic rings. The van der Waals surface area contributed by atoms with Gasteiger partial charge in [0.25, 0.3) is 0 Å². The molecule has 3 N–H and O–H groups in total. The van der Waals surface area contributed by atoms with Gasteiger partial charge in [-0.05, 0) is 38.5 Å². The minimum atomic E-state index is 0.361. The van der Waals surface area contributed by atoms with Crippen molar-refractivity contribution in [3.63, 3.8) is 0 Å². The average Bonchev–Trinajstić information content (AvgIpc) is 2.36. The second-order valence-corrected chi connectivity index (χ2v) is 5.24. The highest BCUT2D eigenvalue weighted by molar-refractivity contribution is 7.80. The number of rotatable bonds is 4. The summed E-state index contributed by atoms with van der Waals surface area (Å²) in [5.41, 5.74) is 11.4. The number of aryl methyl sites for hydroxylation is 3. The Bertz CT molecular complexity index is 635. The van der Waals surface area contributed by atoms with E-state index in [0.717, 1.165) is 33.9 Å². The zero-order valence-corrected chi connectivity index (χ0v) is 12.7. The first-order valence-electron chi connectivity index (χ1n) is 6.41. The van der Waals surface area contributed by atoms with Gasteiger partial charge in [-0.15, -0.1) is 0 Å². The summed E-state index contributed by atoms with van der Waals surface area (Å²) in [5.74, 6) is 0. The zero-order chi connectivity index (χ0) is 14.7. The van der Waals surface area contributed by atoms with E-state index in [1.165, 1.54) is 0 Å². The van der Waals surface area contributed by atoms with Gasteiger partial charge >= 0.3 is 0 Å². The van der Waals surface area contributed by atoms with Crippen molar-refractivity contribution in [2.45, 2.75) is 27.3 Å². The molecule has 0 aliphatic carbocycles. The summed E-state index contributed by atoms with van der Waals surface area (Å²) >= 11 is 5.11. The monoisotopic (exact) mass is 286 g/mol. The maximum Gasteiger partial charge on any atom is 0.107 e. The molecule has 0 radical (unpaired) electrons. The Labute approximate surface area is 124 Å². The molecule has 0 spiro atoms. The van der Waals surface area contributed by atoms with Crippen molar-refractivity contribution in [1.82, 2.24) is 9.97 Å². The van der Waals surface area contributed by atoms with Crippen LogP contribution in [-0.4, -0.2) is 15.0 Å². The van der Waals surface area contributed by atoms with E-state index in [0.29, 0.717) is 11.5 Å². The van der Waals surface area contributed by atoms with Gasteiger partial charge in [-0.2, -0.15) is 0 Å². The molecule has 2 aromatic rings. The van der Waals surface area contributed by atoms with Gasteiger partial charge in [-0.3, -0.25) is 9.97 Å². The highest BCUT2D eigenvalue weighted by Gasteiger charge is 2.10. The van der Waals surface area contributed by atoms with Crippen LogP contribution < -0.4 is 11.1 Å². The van der Waals surface area contributed by atoms with Crippen molar-refractivity contribution in [3.8, 4) is 0 Å². The smallest absolute Gasteiger partial charge is 0.107 e. The van der Waals surface area contributed by atoms with Crippen LogP contribution in [0, 0.1) is 20.8 Å². The quantitative estimate of drug-likeness (QED) is 0.846. The van der Waals surface area contributed by atoms with E-state index >= 15 is 0 Å². The maximum atomic E-state index is 5.79. The molecule has 0 bridgehead atoms. The van der Waals surface area contributed by atoms with E-state index in [1.54, 1.807) is 0 Å². The van der Waals surface area contributed by atoms with Crippen LogP contribution in [0.4, 0.5) is 5.69 Å². The first kappa shape index (κ1) is 14.4. The fraction of sp³-hybridized carbons (Fsp3) is 0.267. The Balaban J connectivity index is 2.24. The Morgan fingerprint density at radius 3 is 2.60 bits per heavy atom. The molecular formula is C15H18N4S. The number of nitrogens with one attached hydrogen (secondary N) is 1. The lowest BCUT2D eigenvalue weighted by molar-refractivity contribution is 1.06. The van der Waals surface area contributed by atoms with Crippen molar-refractivity contribution in [3.05, 3.63) is 52.6 Å². The Kier molecular flexibility index (Phi) is 4.29. The summed E-state index contributed by atoms with van der Waals surface area (Å²) < 4.78 is 0. The standard InChI is InChI=1S/C15H18N4S/c1-9-4-5-12(7-17-9)8-18-13-6-10(2)19-11(3)14(13)15(16)20/h4-7H,8H2,1-3H3,(H2,16,20)(H,18,19). The molecule has 0 saturated carbocycles. The van der Waals surface area contributed by atoms with E-state index in [-0.39, 0.29) is 0 Å². The largest absolute Gasteiger partial charge is 0.389 e. The highest BCUT2D eigenvalue weighted by Crippen LogP contribution is 2.20. The molecule has 20 heavy (non-hydrogen) atoms. The minimum Gasteiger partial charge on any atom is -0.389 e. The van der Waals surface area contributed by atoms with E-state index < -0.39 is 0 Å². The third-order valence-corrected chi connectivity index (χ3v) is 3.23. The average molecular weight is 286 g/mol. The number of hydrogen-bond acceptors (Lipinski definition) is 4. The van der Waals surface area contributed by atoms with Crippen LogP contribution in [0.2, 0.25) is 0 Å². The topological polar surface area (TPSA) is 63.8 Å². The fourth-order valence-electron chi connectivity index (χ4n) is 2.08. The molecule has 104 valence electrons. The summed E-state index contributed by atoms with van der Waals surface area (Å²) in [6.07, 6.45) is 1.86. The lowest BCUT2D eigenvalue weighted by Crippen LogP contribution is -2.16. The van der Waals surface area contributed by atoms with E-state index in [2.05, 4.69) is 21.4 Å². The third kappa shape index (κ3) is 3.30. The van der Waals surface area contributed by atoms with Gasteiger partial charge in [0.1, 0.15) is 4.99 Å². The van der Waals surface area contributed by atoms with Crippen LogP contribution in [0.1, 0.15) is 28.2 Å². The molecule has 0 fully saturated rings. The summed E-state index contributed by atoms with van der Waals surface area (Å²) in [6.45, 7) is 6.51. The molecule has 2 aromatic heterocycles. The second-order valence-electron chi connectivity index (χ2n) is 4.80. The number of pyridine rings is 2. The van der Waals surface area contributed by atoms with Crippen molar-refractivity contribution in [2.75, 3.05) is 5.32 Å². The van der Waals surface area contributed by atoms with Crippen LogP contribution in [0.15, 0.2) is 24.4 Å². The predicted octanol–water partition coefficient (Wildman–Crippen LogP) is 2.65. The van der Waals surface area contributed by atoms with Gasteiger partial charge < -0.3 is 11.1 Å². The van der Waals surface area contributed by atoms with Gasteiger partial charge in [0.05, 0.1) is 5.56 Å². The van der Waals surface area contributed by atoms with E-state index in [1.807, 2.05) is 39.1 Å². The van der Waals surface area contributed by atoms with Crippen LogP contribution in [0.3, 0.4) is 0 Å². The second kappa shape index (κ2) is 5.96. The number of hydrogen-bond donors (Lipinski definition) is 2. The Hall–Kier alpha value is -2.01. The lowest BCUT2D eigenvalue weighted by Gasteiger charge is -2.14. The molecular weight excluding hydrogens is 268 g/mol. The van der Waals surface area contributed by atoms with Crippen molar-refractivity contribution in [1.29, 1.82) is 0 Å². The third-order valence-electron chi connectivity index (χ3n) is 3.03. The number of nitrogens with two attached hydrogens (primary N) is 1. The maximum absolute atomic E-state index is 5.79. The molecule has 0 aromatic carbocycles. The van der Waals surface area contributed by atoms with Gasteiger partial charge in [0.2, 0.25) is 0 Å². The van der Waals surface area contributed by atoms with Crippen molar-refractivity contribution >= 4 is 22.9 Å². The SMILES string of the molecule is Cc1ccc(CNc2cc(C)nc(C)c2C(N)=S)cn1. The summed E-state index contributed by atoms with van der Waals surface area (Å²) in [7, 11) is 0. The summed E-state index contributed by atoms with van der Waals surface area (Å²) in [5, 5.41) is 3.36. The molecule has 0 unspecified atom stereocenters. The van der Waals surface area contributed by atoms with E-state index in [4.69, 9.17) is 18.0 Å². The number of thiocarbonyl (C=S) groups is 1. The fourth-order valence-corrected chi connectivity index (χ4v) is 2.34. The molecule has 2 heterocycles. The molecule has 0 amide bonds. The van der Waals surface area contributed by atoms with Gasteiger partial charge in [-0.25, -0.2) is 0 Å². The van der Waals surface area contributed by atoms with Gasteiger partial charge in [0, 0.05) is 35.5 Å². The molecule has 0 aliphatic heterocycles. The number of anilines is 1. The zero-order valence-electron chi connectivity index (χ0n) is 11.9. The molecule has 2 rings (SSSR count). The molecule has 4 nitrogen and oxygen atoms in total. The summed E-state index contributed by atoms with van der Waals surface area (Å²) in [6, 6.07) is 6.01. The molecule has 5 heteroatoms. The Morgan fingerprint density at radius 1 is 1.25 bits per heavy atom. The van der Waals surface area contributed by atoms with Crippen molar-refractivity contribution in [2.24, 2.45) is 5.73 Å². The van der Waals surface area contributed by atoms with Crippen LogP contribution >= 0.6 is 12.2 Å². The number of nitrogens with zero attached hydrogens (tertiary/aromatic N) is 2. The number of aromatic nitrogens is 2. The Morgan fingerprint density at radius 2 is 2.00 bits per heavy atom. The lowest BCUT2D eigenvalue weighted by atomic mass is 10.1. The molecule has 0 saturated heterocycles. The normalized spacial score (nSPS) is 10.3. The minimum absolute atomic E-state index is 0.361. The van der Waals surface area contributed by atoms with E-state index in [9.17, 15) is 0 Å². The molecule has 0 atom stereocenters. The first-order valence-corrected chi connectivity index (χ1v) is 6.81. The van der Waals surface area contributed by atoms with Gasteiger partial charge in [0.15, 0.2) is 0 Å². The van der Waals surface area contributed by atoms with Crippen LogP contribution in [0.25, 0.3) is 0 Å². The summed E-state index contributed by atoms with van der Waals surface area (Å²) in [4.78, 5) is 9.04. The van der Waals surface area contributed by atoms with Crippen LogP contribution in [-0.2, 0) is 6.54 Å². The highest BCUT2D eigenvalue weighted by atomic mass is 32.1.